The molecular formula is C14H27NO. The molecule has 0 amide bonds. The minimum atomic E-state index is -0.00148. The van der Waals surface area contributed by atoms with Crippen molar-refractivity contribution in [3.05, 3.63) is 0 Å². The third-order valence-electron chi connectivity index (χ3n) is 4.72. The number of aliphatic hydroxyl groups excluding tert-OH is 1. The van der Waals surface area contributed by atoms with Crippen LogP contribution in [0.1, 0.15) is 59.3 Å². The standard InChI is InChI=1S/C14H27NO/c1-11-8-13(2,3)9-14(11,10-16)15-12-6-4-5-7-12/h11-12,15-16H,4-10H2,1-3H3. The van der Waals surface area contributed by atoms with Crippen LogP contribution in [-0.4, -0.2) is 23.3 Å². The molecule has 0 radical (unpaired) electrons. The average molecular weight is 225 g/mol. The summed E-state index contributed by atoms with van der Waals surface area (Å²) < 4.78 is 0. The quantitative estimate of drug-likeness (QED) is 0.774. The maximum Gasteiger partial charge on any atom is 0.0616 e. The summed E-state index contributed by atoms with van der Waals surface area (Å²) in [6, 6.07) is 0.656. The van der Waals surface area contributed by atoms with Crippen LogP contribution in [0.5, 0.6) is 0 Å². The lowest BCUT2D eigenvalue weighted by atomic mass is 9.86. The zero-order chi connectivity index (χ0) is 11.8. The fraction of sp³-hybridized carbons (Fsp3) is 1.00. The third kappa shape index (κ3) is 2.28. The first-order chi connectivity index (χ1) is 7.47. The molecule has 16 heavy (non-hydrogen) atoms. The summed E-state index contributed by atoms with van der Waals surface area (Å²) >= 11 is 0. The van der Waals surface area contributed by atoms with Gasteiger partial charge in [0.25, 0.3) is 0 Å². The van der Waals surface area contributed by atoms with Crippen LogP contribution in [0.4, 0.5) is 0 Å². The van der Waals surface area contributed by atoms with E-state index in [1.807, 2.05) is 0 Å². The number of hydrogen-bond acceptors (Lipinski definition) is 2. The minimum absolute atomic E-state index is 0.00148. The van der Waals surface area contributed by atoms with Crippen LogP contribution in [0.2, 0.25) is 0 Å². The number of nitrogens with one attached hydrogen (secondary N) is 1. The third-order valence-corrected chi connectivity index (χ3v) is 4.72. The van der Waals surface area contributed by atoms with Crippen molar-refractivity contribution in [2.45, 2.75) is 70.9 Å². The molecule has 0 spiro atoms. The van der Waals surface area contributed by atoms with Gasteiger partial charge in [0.15, 0.2) is 0 Å². The Morgan fingerprint density at radius 1 is 1.25 bits per heavy atom. The molecule has 0 saturated heterocycles. The van der Waals surface area contributed by atoms with E-state index in [0.717, 1.165) is 6.42 Å². The maximum absolute atomic E-state index is 9.82. The molecule has 2 atom stereocenters. The van der Waals surface area contributed by atoms with E-state index in [-0.39, 0.29) is 5.54 Å². The average Bonchev–Trinajstić information content (AvgIpc) is 2.74. The first-order valence-corrected chi connectivity index (χ1v) is 6.86. The van der Waals surface area contributed by atoms with Gasteiger partial charge in [-0.05, 0) is 37.0 Å². The van der Waals surface area contributed by atoms with Crippen molar-refractivity contribution in [1.82, 2.24) is 5.32 Å². The predicted octanol–water partition coefficient (Wildman–Crippen LogP) is 2.71. The van der Waals surface area contributed by atoms with Gasteiger partial charge in [0, 0.05) is 11.6 Å². The largest absolute Gasteiger partial charge is 0.394 e. The zero-order valence-electron chi connectivity index (χ0n) is 11.1. The van der Waals surface area contributed by atoms with Crippen molar-refractivity contribution in [3.8, 4) is 0 Å². The van der Waals surface area contributed by atoms with E-state index < -0.39 is 0 Å². The molecule has 2 saturated carbocycles. The summed E-state index contributed by atoms with van der Waals surface area (Å²) in [5.74, 6) is 0.591. The van der Waals surface area contributed by atoms with E-state index >= 15 is 0 Å². The van der Waals surface area contributed by atoms with E-state index in [4.69, 9.17) is 0 Å². The van der Waals surface area contributed by atoms with Crippen LogP contribution in [-0.2, 0) is 0 Å². The molecule has 94 valence electrons. The number of aliphatic hydroxyl groups is 1. The van der Waals surface area contributed by atoms with E-state index in [2.05, 4.69) is 26.1 Å². The molecule has 2 aliphatic carbocycles. The molecular weight excluding hydrogens is 198 g/mol. The summed E-state index contributed by atoms with van der Waals surface area (Å²) in [4.78, 5) is 0. The van der Waals surface area contributed by atoms with Crippen LogP contribution >= 0.6 is 0 Å². The SMILES string of the molecule is CC1CC(C)(C)CC1(CO)NC1CCCC1. The Balaban J connectivity index is 2.06. The van der Waals surface area contributed by atoms with E-state index in [0.29, 0.717) is 24.0 Å². The molecule has 2 nitrogen and oxygen atoms in total. The summed E-state index contributed by atoms with van der Waals surface area (Å²) in [6.07, 6.45) is 7.67. The van der Waals surface area contributed by atoms with Gasteiger partial charge >= 0.3 is 0 Å². The highest BCUT2D eigenvalue weighted by Gasteiger charge is 2.48. The highest BCUT2D eigenvalue weighted by Crippen LogP contribution is 2.47. The fourth-order valence-electron chi connectivity index (χ4n) is 4.05. The van der Waals surface area contributed by atoms with Crippen molar-refractivity contribution < 1.29 is 5.11 Å². The number of rotatable bonds is 3. The molecule has 0 aliphatic heterocycles. The Labute approximate surface area is 99.8 Å². The van der Waals surface area contributed by atoms with Crippen molar-refractivity contribution in [1.29, 1.82) is 0 Å². The second kappa shape index (κ2) is 4.30. The van der Waals surface area contributed by atoms with Crippen molar-refractivity contribution in [2.75, 3.05) is 6.61 Å². The lowest BCUT2D eigenvalue weighted by molar-refractivity contribution is 0.113. The van der Waals surface area contributed by atoms with Crippen molar-refractivity contribution in [2.24, 2.45) is 11.3 Å². The van der Waals surface area contributed by atoms with E-state index in [9.17, 15) is 5.11 Å². The lowest BCUT2D eigenvalue weighted by Gasteiger charge is -2.36. The molecule has 2 N–H and O–H groups in total. The maximum atomic E-state index is 9.82. The summed E-state index contributed by atoms with van der Waals surface area (Å²) in [5.41, 5.74) is 0.381. The molecule has 2 unspecified atom stereocenters. The smallest absolute Gasteiger partial charge is 0.0616 e. The van der Waals surface area contributed by atoms with E-state index in [1.165, 1.54) is 32.1 Å². The lowest BCUT2D eigenvalue weighted by Crippen LogP contribution is -2.54. The Kier molecular flexibility index (Phi) is 3.33. The molecule has 0 aromatic rings. The Hall–Kier alpha value is -0.0800. The molecule has 2 rings (SSSR count). The molecule has 0 aromatic heterocycles. The minimum Gasteiger partial charge on any atom is -0.394 e. The Morgan fingerprint density at radius 2 is 1.88 bits per heavy atom. The summed E-state index contributed by atoms with van der Waals surface area (Å²) in [6.45, 7) is 7.26. The second-order valence-corrected chi connectivity index (χ2v) is 6.89. The van der Waals surface area contributed by atoms with Gasteiger partial charge < -0.3 is 10.4 Å². The monoisotopic (exact) mass is 225 g/mol. The van der Waals surface area contributed by atoms with Gasteiger partial charge in [0.2, 0.25) is 0 Å². The van der Waals surface area contributed by atoms with Gasteiger partial charge in [-0.2, -0.15) is 0 Å². The normalized spacial score (nSPS) is 39.4. The predicted molar refractivity (Wildman–Crippen MR) is 67.4 cm³/mol. The highest BCUT2D eigenvalue weighted by molar-refractivity contribution is 5.05. The van der Waals surface area contributed by atoms with Crippen LogP contribution in [0.15, 0.2) is 0 Å². The second-order valence-electron chi connectivity index (χ2n) is 6.89. The highest BCUT2D eigenvalue weighted by atomic mass is 16.3. The molecule has 0 heterocycles. The molecule has 0 aromatic carbocycles. The molecule has 2 heteroatoms. The van der Waals surface area contributed by atoms with Gasteiger partial charge in [0.1, 0.15) is 0 Å². The van der Waals surface area contributed by atoms with Crippen molar-refractivity contribution in [3.63, 3.8) is 0 Å². The summed E-state index contributed by atoms with van der Waals surface area (Å²) in [5, 5.41) is 13.6. The van der Waals surface area contributed by atoms with Crippen molar-refractivity contribution >= 4 is 0 Å². The number of hydrogen-bond donors (Lipinski definition) is 2. The van der Waals surface area contributed by atoms with Crippen LogP contribution in [0.3, 0.4) is 0 Å². The Morgan fingerprint density at radius 3 is 2.31 bits per heavy atom. The van der Waals surface area contributed by atoms with Crippen LogP contribution in [0, 0.1) is 11.3 Å². The van der Waals surface area contributed by atoms with Gasteiger partial charge in [-0.15, -0.1) is 0 Å². The summed E-state index contributed by atoms with van der Waals surface area (Å²) in [7, 11) is 0. The van der Waals surface area contributed by atoms with Gasteiger partial charge in [-0.3, -0.25) is 0 Å². The molecule has 2 fully saturated rings. The first-order valence-electron chi connectivity index (χ1n) is 6.86. The first kappa shape index (κ1) is 12.4. The van der Waals surface area contributed by atoms with Crippen LogP contribution in [0.25, 0.3) is 0 Å². The Bertz CT molecular complexity index is 245. The van der Waals surface area contributed by atoms with Gasteiger partial charge in [-0.1, -0.05) is 33.6 Å². The van der Waals surface area contributed by atoms with Crippen LogP contribution < -0.4 is 5.32 Å². The van der Waals surface area contributed by atoms with E-state index in [1.54, 1.807) is 0 Å². The fourth-order valence-corrected chi connectivity index (χ4v) is 4.05. The topological polar surface area (TPSA) is 32.3 Å². The molecule has 2 aliphatic rings. The van der Waals surface area contributed by atoms with Gasteiger partial charge in [0.05, 0.1) is 6.61 Å². The van der Waals surface area contributed by atoms with Gasteiger partial charge in [-0.25, -0.2) is 0 Å². The molecule has 0 bridgehead atoms. The zero-order valence-corrected chi connectivity index (χ0v) is 11.1.